The first-order chi connectivity index (χ1) is 10.4. The fourth-order valence-electron chi connectivity index (χ4n) is 2.52. The Morgan fingerprint density at radius 3 is 2.55 bits per heavy atom. The molecule has 0 amide bonds. The number of hydrogen-bond acceptors (Lipinski definition) is 5. The molecule has 0 spiro atoms. The van der Waals surface area contributed by atoms with Gasteiger partial charge in [0.1, 0.15) is 5.82 Å². The van der Waals surface area contributed by atoms with Crippen molar-refractivity contribution in [3.8, 4) is 0 Å². The van der Waals surface area contributed by atoms with Crippen molar-refractivity contribution in [3.05, 3.63) is 29.6 Å². The Bertz CT molecular complexity index is 655. The highest BCUT2D eigenvalue weighted by molar-refractivity contribution is 7.89. The third-order valence-electron chi connectivity index (χ3n) is 3.83. The van der Waals surface area contributed by atoms with Gasteiger partial charge in [0.15, 0.2) is 0 Å². The lowest BCUT2D eigenvalue weighted by atomic mass is 10.1. The zero-order valence-electron chi connectivity index (χ0n) is 12.5. The molecule has 8 heteroatoms. The minimum absolute atomic E-state index is 0.219. The Morgan fingerprint density at radius 1 is 1.36 bits per heavy atom. The second kappa shape index (κ2) is 6.72. The van der Waals surface area contributed by atoms with Crippen LogP contribution in [0, 0.1) is 5.82 Å². The van der Waals surface area contributed by atoms with E-state index in [-0.39, 0.29) is 16.5 Å². The van der Waals surface area contributed by atoms with Crippen molar-refractivity contribution in [1.82, 2.24) is 9.62 Å². The van der Waals surface area contributed by atoms with Crippen molar-refractivity contribution in [1.29, 1.82) is 0 Å². The largest absolute Gasteiger partial charge is 0.465 e. The van der Waals surface area contributed by atoms with E-state index in [0.29, 0.717) is 25.9 Å². The molecule has 1 saturated heterocycles. The average molecular weight is 330 g/mol. The highest BCUT2D eigenvalue weighted by atomic mass is 32.2. The summed E-state index contributed by atoms with van der Waals surface area (Å²) in [5.74, 6) is -1.56. The number of halogens is 1. The van der Waals surface area contributed by atoms with Crippen molar-refractivity contribution < 1.29 is 22.3 Å². The van der Waals surface area contributed by atoms with Crippen molar-refractivity contribution in [2.75, 3.05) is 27.2 Å². The normalized spacial score (nSPS) is 17.4. The third-order valence-corrected chi connectivity index (χ3v) is 5.78. The fourth-order valence-corrected chi connectivity index (χ4v) is 4.15. The van der Waals surface area contributed by atoms with Gasteiger partial charge < -0.3 is 10.1 Å². The summed E-state index contributed by atoms with van der Waals surface area (Å²) in [4.78, 5) is 11.5. The van der Waals surface area contributed by atoms with Crippen molar-refractivity contribution in [2.24, 2.45) is 0 Å². The lowest BCUT2D eigenvalue weighted by Gasteiger charge is -2.31. The summed E-state index contributed by atoms with van der Waals surface area (Å²) in [5.41, 5.74) is -0.279. The predicted octanol–water partition coefficient (Wildman–Crippen LogP) is 0.985. The molecule has 0 aliphatic carbocycles. The molecule has 6 nitrogen and oxygen atoms in total. The number of methoxy groups -OCH3 is 1. The Morgan fingerprint density at radius 2 is 2.00 bits per heavy atom. The number of rotatable bonds is 4. The van der Waals surface area contributed by atoms with E-state index in [0.717, 1.165) is 25.3 Å². The van der Waals surface area contributed by atoms with Gasteiger partial charge in [-0.2, -0.15) is 4.31 Å². The van der Waals surface area contributed by atoms with Gasteiger partial charge in [-0.1, -0.05) is 0 Å². The van der Waals surface area contributed by atoms with E-state index in [4.69, 9.17) is 0 Å². The molecule has 0 unspecified atom stereocenters. The number of carbonyl (C=O) groups excluding carboxylic acids is 1. The maximum atomic E-state index is 13.3. The predicted molar refractivity (Wildman–Crippen MR) is 78.6 cm³/mol. The molecule has 122 valence electrons. The molecule has 2 rings (SSSR count). The van der Waals surface area contributed by atoms with E-state index < -0.39 is 21.8 Å². The number of sulfonamides is 1. The molecule has 0 radical (unpaired) electrons. The molecular formula is C14H19FN2O4S. The van der Waals surface area contributed by atoms with Crippen LogP contribution < -0.4 is 5.32 Å². The van der Waals surface area contributed by atoms with Crippen LogP contribution in [0.4, 0.5) is 4.39 Å². The van der Waals surface area contributed by atoms with Gasteiger partial charge in [-0.05, 0) is 38.1 Å². The molecule has 1 aromatic rings. The van der Waals surface area contributed by atoms with E-state index >= 15 is 0 Å². The zero-order valence-corrected chi connectivity index (χ0v) is 13.3. The molecule has 1 fully saturated rings. The molecule has 1 aromatic carbocycles. The van der Waals surface area contributed by atoms with Gasteiger partial charge in [0.25, 0.3) is 0 Å². The van der Waals surface area contributed by atoms with E-state index in [9.17, 15) is 17.6 Å². The molecule has 0 saturated carbocycles. The maximum absolute atomic E-state index is 13.3. The van der Waals surface area contributed by atoms with E-state index in [1.54, 1.807) is 0 Å². The van der Waals surface area contributed by atoms with Crippen molar-refractivity contribution in [3.63, 3.8) is 0 Å². The summed E-state index contributed by atoms with van der Waals surface area (Å²) in [5, 5.41) is 3.12. The number of nitrogens with one attached hydrogen (secondary N) is 1. The van der Waals surface area contributed by atoms with E-state index in [2.05, 4.69) is 10.1 Å². The number of hydrogen-bond donors (Lipinski definition) is 1. The molecule has 1 aliphatic rings. The van der Waals surface area contributed by atoms with Gasteiger partial charge in [-0.15, -0.1) is 0 Å². The number of piperidine rings is 1. The van der Waals surface area contributed by atoms with Crippen molar-refractivity contribution >= 4 is 16.0 Å². The van der Waals surface area contributed by atoms with Crippen LogP contribution in [0.2, 0.25) is 0 Å². The molecule has 0 aromatic heterocycles. The number of carbonyl (C=O) groups is 1. The van der Waals surface area contributed by atoms with Crippen LogP contribution in [-0.4, -0.2) is 52.0 Å². The molecule has 22 heavy (non-hydrogen) atoms. The minimum atomic E-state index is -3.86. The number of nitrogens with zero attached hydrogens (tertiary/aromatic N) is 1. The van der Waals surface area contributed by atoms with Crippen LogP contribution in [0.5, 0.6) is 0 Å². The summed E-state index contributed by atoms with van der Waals surface area (Å²) in [6.07, 6.45) is 1.37. The number of ether oxygens (including phenoxy) is 1. The molecule has 1 heterocycles. The highest BCUT2D eigenvalue weighted by Crippen LogP contribution is 2.25. The second-order valence-electron chi connectivity index (χ2n) is 5.10. The topological polar surface area (TPSA) is 75.7 Å². The average Bonchev–Trinajstić information content (AvgIpc) is 2.53. The molecule has 1 N–H and O–H groups in total. The molecule has 0 bridgehead atoms. The first-order valence-electron chi connectivity index (χ1n) is 6.95. The molecular weight excluding hydrogens is 311 g/mol. The summed E-state index contributed by atoms with van der Waals surface area (Å²) >= 11 is 0. The third kappa shape index (κ3) is 3.29. The van der Waals surface area contributed by atoms with Gasteiger partial charge in [0, 0.05) is 19.1 Å². The first-order valence-corrected chi connectivity index (χ1v) is 8.39. The van der Waals surface area contributed by atoms with Crippen LogP contribution in [-0.2, 0) is 14.8 Å². The highest BCUT2D eigenvalue weighted by Gasteiger charge is 2.32. The van der Waals surface area contributed by atoms with Crippen LogP contribution >= 0.6 is 0 Å². The SMILES string of the molecule is CNC1CCN(S(=O)(=O)c2ccc(F)cc2C(=O)OC)CC1. The smallest absolute Gasteiger partial charge is 0.339 e. The fraction of sp³-hybridized carbons (Fsp3) is 0.500. The minimum Gasteiger partial charge on any atom is -0.465 e. The van der Waals surface area contributed by atoms with Crippen LogP contribution in [0.3, 0.4) is 0 Å². The van der Waals surface area contributed by atoms with Gasteiger partial charge in [0.05, 0.1) is 17.6 Å². The number of esters is 1. The zero-order chi connectivity index (χ0) is 16.3. The number of benzene rings is 1. The summed E-state index contributed by atoms with van der Waals surface area (Å²) in [7, 11) is -0.894. The Labute approximate surface area is 129 Å². The van der Waals surface area contributed by atoms with Gasteiger partial charge in [0.2, 0.25) is 10.0 Å². The monoisotopic (exact) mass is 330 g/mol. The second-order valence-corrected chi connectivity index (χ2v) is 7.01. The van der Waals surface area contributed by atoms with Crippen LogP contribution in [0.15, 0.2) is 23.1 Å². The Kier molecular flexibility index (Phi) is 5.15. The van der Waals surface area contributed by atoms with Crippen LogP contribution in [0.1, 0.15) is 23.2 Å². The lowest BCUT2D eigenvalue weighted by Crippen LogP contribution is -2.44. The summed E-state index contributed by atoms with van der Waals surface area (Å²) < 4.78 is 44.6. The molecule has 1 aliphatic heterocycles. The Hall–Kier alpha value is -1.51. The quantitative estimate of drug-likeness (QED) is 0.833. The maximum Gasteiger partial charge on any atom is 0.339 e. The Balaban J connectivity index is 2.36. The first kappa shape index (κ1) is 16.9. The standard InChI is InChI=1S/C14H19FN2O4S/c1-16-11-5-7-17(8-6-11)22(19,20)13-4-3-10(15)9-12(13)14(18)21-2/h3-4,9,11,16H,5-8H2,1-2H3. The van der Waals surface area contributed by atoms with E-state index in [1.807, 2.05) is 7.05 Å². The molecule has 0 atom stereocenters. The summed E-state index contributed by atoms with van der Waals surface area (Å²) in [6.45, 7) is 0.706. The van der Waals surface area contributed by atoms with Gasteiger partial charge in [-0.25, -0.2) is 17.6 Å². The van der Waals surface area contributed by atoms with Crippen LogP contribution in [0.25, 0.3) is 0 Å². The lowest BCUT2D eigenvalue weighted by molar-refractivity contribution is 0.0595. The van der Waals surface area contributed by atoms with Crippen molar-refractivity contribution in [2.45, 2.75) is 23.8 Å². The van der Waals surface area contributed by atoms with E-state index in [1.165, 1.54) is 4.31 Å². The summed E-state index contributed by atoms with van der Waals surface area (Å²) in [6, 6.07) is 3.31. The van der Waals surface area contributed by atoms with Gasteiger partial charge >= 0.3 is 5.97 Å². The van der Waals surface area contributed by atoms with Gasteiger partial charge in [-0.3, -0.25) is 0 Å².